The van der Waals surface area contributed by atoms with Crippen LogP contribution in [0.15, 0.2) is 10.7 Å². The van der Waals surface area contributed by atoms with Crippen LogP contribution in [-0.2, 0) is 9.47 Å². The van der Waals surface area contributed by atoms with Gasteiger partial charge in [-0.15, -0.1) is 0 Å². The van der Waals surface area contributed by atoms with Gasteiger partial charge in [-0.25, -0.2) is 4.79 Å². The third-order valence-electron chi connectivity index (χ3n) is 0.700. The third-order valence-corrected chi connectivity index (χ3v) is 1.85. The highest BCUT2D eigenvalue weighted by Gasteiger charge is 2.05. The Hall–Kier alpha value is 0.950. The maximum absolute atomic E-state index is 10.7. The number of carbonyl (C=O) groups excluding carboxylic acids is 1. The molecule has 0 atom stereocenters. The van der Waals surface area contributed by atoms with Crippen LogP contribution in [0.4, 0.5) is 4.79 Å². The van der Waals surface area contributed by atoms with Crippen molar-refractivity contribution in [3.05, 3.63) is 10.7 Å². The van der Waals surface area contributed by atoms with Crippen LogP contribution in [0, 0.1) is 0 Å². The molecule has 0 heterocycles. The molecule has 6 heteroatoms. The van der Waals surface area contributed by atoms with Gasteiger partial charge in [0.25, 0.3) is 0 Å². The molecule has 0 saturated heterocycles. The molecule has 0 amide bonds. The Kier molecular flexibility index (Phi) is 7.95. The van der Waals surface area contributed by atoms with Crippen LogP contribution in [0.2, 0.25) is 0 Å². The second kappa shape index (κ2) is 7.36. The SMILES string of the molecule is CCOC(=O)OC(Br)=CC(I)I. The summed E-state index contributed by atoms with van der Waals surface area (Å²) in [7, 11) is 0. The molecule has 0 rings (SSSR count). The molecule has 0 aromatic heterocycles. The molecule has 70 valence electrons. The fourth-order valence-electron chi connectivity index (χ4n) is 0.360. The first-order valence-electron chi connectivity index (χ1n) is 3.06. The number of halogens is 3. The van der Waals surface area contributed by atoms with Gasteiger partial charge < -0.3 is 9.47 Å². The predicted octanol–water partition coefficient (Wildman–Crippen LogP) is 3.59. The first-order chi connectivity index (χ1) is 5.56. The summed E-state index contributed by atoms with van der Waals surface area (Å²) in [6.07, 6.45) is 1.06. The lowest BCUT2D eigenvalue weighted by molar-refractivity contribution is 0.0875. The molecular weight excluding hydrogens is 454 g/mol. The summed E-state index contributed by atoms with van der Waals surface area (Å²) < 4.78 is 9.92. The molecule has 0 aliphatic rings. The molecule has 12 heavy (non-hydrogen) atoms. The minimum Gasteiger partial charge on any atom is -0.434 e. The summed E-state index contributed by atoms with van der Waals surface area (Å²) in [5.74, 6) is 0. The summed E-state index contributed by atoms with van der Waals surface area (Å²) in [4.78, 5) is 10.7. The molecule has 0 aliphatic carbocycles. The van der Waals surface area contributed by atoms with Crippen molar-refractivity contribution in [1.29, 1.82) is 0 Å². The normalized spacial score (nSPS) is 11.6. The molecule has 0 fully saturated rings. The van der Waals surface area contributed by atoms with Crippen molar-refractivity contribution in [1.82, 2.24) is 0 Å². The molecule has 0 aromatic rings. The Bertz CT molecular complexity index is 182. The summed E-state index contributed by atoms with van der Waals surface area (Å²) in [6.45, 7) is 2.04. The number of rotatable bonds is 3. The Morgan fingerprint density at radius 3 is 2.67 bits per heavy atom. The summed E-state index contributed by atoms with van der Waals surface area (Å²) in [5, 5.41) is 0. The Balaban J connectivity index is 3.83. The molecular formula is C6H7BrI2O3. The molecule has 0 radical (unpaired) electrons. The first-order valence-corrected chi connectivity index (χ1v) is 6.34. The second-order valence-electron chi connectivity index (χ2n) is 1.59. The van der Waals surface area contributed by atoms with Crippen LogP contribution in [0.1, 0.15) is 6.92 Å². The standard InChI is InChI=1S/C6H7BrI2O3/c1-2-11-6(10)12-4(7)3-5(8)9/h3,5H,2H2,1H3. The van der Waals surface area contributed by atoms with Crippen LogP contribution in [0.25, 0.3) is 0 Å². The van der Waals surface area contributed by atoms with Gasteiger partial charge in [0.1, 0.15) is 0 Å². The monoisotopic (exact) mass is 460 g/mol. The largest absolute Gasteiger partial charge is 0.514 e. The van der Waals surface area contributed by atoms with Gasteiger partial charge in [-0.2, -0.15) is 0 Å². The maximum atomic E-state index is 10.7. The van der Waals surface area contributed by atoms with E-state index in [4.69, 9.17) is 4.74 Å². The van der Waals surface area contributed by atoms with Crippen LogP contribution < -0.4 is 0 Å². The van der Waals surface area contributed by atoms with E-state index in [1.165, 1.54) is 0 Å². The lowest BCUT2D eigenvalue weighted by atomic mass is 10.7. The zero-order valence-corrected chi connectivity index (χ0v) is 12.1. The van der Waals surface area contributed by atoms with E-state index in [0.717, 1.165) is 0 Å². The van der Waals surface area contributed by atoms with Gasteiger partial charge in [-0.3, -0.25) is 0 Å². The number of carbonyl (C=O) groups is 1. The van der Waals surface area contributed by atoms with Gasteiger partial charge in [-0.05, 0) is 28.9 Å². The molecule has 0 bridgehead atoms. The fraction of sp³-hybridized carbons (Fsp3) is 0.500. The van der Waals surface area contributed by atoms with E-state index in [1.54, 1.807) is 13.0 Å². The van der Waals surface area contributed by atoms with E-state index < -0.39 is 6.16 Å². The lowest BCUT2D eigenvalue weighted by Gasteiger charge is -2.02. The van der Waals surface area contributed by atoms with Crippen molar-refractivity contribution in [2.75, 3.05) is 6.61 Å². The quantitative estimate of drug-likeness (QED) is 0.279. The molecule has 0 aliphatic heterocycles. The van der Waals surface area contributed by atoms with Gasteiger partial charge in [0, 0.05) is 0 Å². The van der Waals surface area contributed by atoms with Crippen LogP contribution in [0.3, 0.4) is 0 Å². The average molecular weight is 461 g/mol. The highest BCUT2D eigenvalue weighted by molar-refractivity contribution is 14.2. The van der Waals surface area contributed by atoms with Crippen LogP contribution >= 0.6 is 61.1 Å². The van der Waals surface area contributed by atoms with E-state index in [1.807, 2.05) is 0 Å². The number of hydrogen-bond donors (Lipinski definition) is 0. The fourth-order valence-corrected chi connectivity index (χ4v) is 2.40. The Morgan fingerprint density at radius 2 is 2.25 bits per heavy atom. The Morgan fingerprint density at radius 1 is 1.67 bits per heavy atom. The van der Waals surface area contributed by atoms with Gasteiger partial charge >= 0.3 is 6.16 Å². The van der Waals surface area contributed by atoms with Gasteiger partial charge in [-0.1, -0.05) is 45.2 Å². The van der Waals surface area contributed by atoms with Crippen LogP contribution in [-0.4, -0.2) is 14.7 Å². The third kappa shape index (κ3) is 7.59. The highest BCUT2D eigenvalue weighted by atomic mass is 127. The topological polar surface area (TPSA) is 35.5 Å². The molecule has 0 aromatic carbocycles. The number of allylic oxidation sites excluding steroid dienone is 1. The molecule has 0 N–H and O–H groups in total. The number of alkyl halides is 2. The maximum Gasteiger partial charge on any atom is 0.514 e. The van der Waals surface area contributed by atoms with E-state index in [0.29, 0.717) is 11.3 Å². The molecule has 0 spiro atoms. The van der Waals surface area contributed by atoms with E-state index in [2.05, 4.69) is 65.8 Å². The summed E-state index contributed by atoms with van der Waals surface area (Å²) in [6, 6.07) is 0. The van der Waals surface area contributed by atoms with E-state index >= 15 is 0 Å². The second-order valence-corrected chi connectivity index (χ2v) is 7.44. The zero-order chi connectivity index (χ0) is 9.56. The Labute approximate surface area is 107 Å². The highest BCUT2D eigenvalue weighted by Crippen LogP contribution is 2.18. The van der Waals surface area contributed by atoms with Crippen molar-refractivity contribution < 1.29 is 14.3 Å². The van der Waals surface area contributed by atoms with Gasteiger partial charge in [0.05, 0.1) is 8.54 Å². The summed E-state index contributed by atoms with van der Waals surface area (Å²) in [5.41, 5.74) is 0. The summed E-state index contributed by atoms with van der Waals surface area (Å²) >= 11 is 7.43. The lowest BCUT2D eigenvalue weighted by Crippen LogP contribution is -2.04. The van der Waals surface area contributed by atoms with Crippen LogP contribution in [0.5, 0.6) is 0 Å². The van der Waals surface area contributed by atoms with E-state index in [9.17, 15) is 4.79 Å². The van der Waals surface area contributed by atoms with Crippen molar-refractivity contribution in [2.24, 2.45) is 0 Å². The smallest absolute Gasteiger partial charge is 0.434 e. The number of hydrogen-bond acceptors (Lipinski definition) is 3. The molecule has 0 saturated carbocycles. The van der Waals surface area contributed by atoms with Gasteiger partial charge in [0.15, 0.2) is 4.67 Å². The van der Waals surface area contributed by atoms with Crippen molar-refractivity contribution in [3.8, 4) is 0 Å². The van der Waals surface area contributed by atoms with Crippen molar-refractivity contribution >= 4 is 67.3 Å². The van der Waals surface area contributed by atoms with Gasteiger partial charge in [0.2, 0.25) is 0 Å². The average Bonchev–Trinajstić information content (AvgIpc) is 1.84. The predicted molar refractivity (Wildman–Crippen MR) is 66.9 cm³/mol. The first kappa shape index (κ1) is 12.9. The molecule has 3 nitrogen and oxygen atoms in total. The van der Waals surface area contributed by atoms with E-state index in [-0.39, 0.29) is 1.93 Å². The number of ether oxygens (including phenoxy) is 2. The minimum atomic E-state index is -0.686. The molecule has 0 unspecified atom stereocenters. The van der Waals surface area contributed by atoms with Crippen molar-refractivity contribution in [2.45, 2.75) is 8.86 Å². The zero-order valence-electron chi connectivity index (χ0n) is 6.22. The van der Waals surface area contributed by atoms with Crippen molar-refractivity contribution in [3.63, 3.8) is 0 Å². The minimum absolute atomic E-state index is 0.268.